The van der Waals surface area contributed by atoms with Crippen LogP contribution in [0.1, 0.15) is 61.8 Å². The summed E-state index contributed by atoms with van der Waals surface area (Å²) in [5, 5.41) is 21.2. The third-order valence-electron chi connectivity index (χ3n) is 6.78. The van der Waals surface area contributed by atoms with Crippen LogP contribution >= 0.6 is 0 Å². The van der Waals surface area contributed by atoms with Crippen LogP contribution in [0.25, 0.3) is 11.1 Å². The van der Waals surface area contributed by atoms with Gasteiger partial charge < -0.3 is 10.2 Å². The Bertz CT molecular complexity index is 847. The molecule has 4 rings (SSSR count). The molecular weight excluding hydrogens is 372 g/mol. The van der Waals surface area contributed by atoms with E-state index >= 15 is 0 Å². The number of phenolic OH excluding ortho intramolecular Hbond substituents is 2. The van der Waals surface area contributed by atoms with Gasteiger partial charge in [-0.3, -0.25) is 9.80 Å². The summed E-state index contributed by atoms with van der Waals surface area (Å²) in [4.78, 5) is 4.80. The van der Waals surface area contributed by atoms with E-state index < -0.39 is 0 Å². The molecule has 0 aliphatic carbocycles. The van der Waals surface area contributed by atoms with Crippen molar-refractivity contribution in [3.8, 4) is 11.5 Å². The quantitative estimate of drug-likeness (QED) is 0.644. The van der Waals surface area contributed by atoms with Gasteiger partial charge in [0.2, 0.25) is 0 Å². The molecule has 2 heterocycles. The lowest BCUT2D eigenvalue weighted by Gasteiger charge is -2.17. The Labute approximate surface area is 180 Å². The summed E-state index contributed by atoms with van der Waals surface area (Å²) in [5.41, 5.74) is 6.27. The van der Waals surface area contributed by atoms with Gasteiger partial charge in [-0.2, -0.15) is 0 Å². The molecule has 0 atom stereocenters. The average Bonchev–Trinajstić information content (AvgIpc) is 3.44. The van der Waals surface area contributed by atoms with Crippen LogP contribution in [0, 0.1) is 0 Å². The standard InChI is InChI=1S/C26H34N2O2/c1-19(21-7-9-23(25(29)15-21)17-27-11-3-4-12-27)20(2)22-8-10-24(26(30)16-22)18-28-13-5-6-14-28/h7-10,15-16,29-30H,3-6,11-14,17-18H2,1-2H3/b20-19+. The van der Waals surface area contributed by atoms with Crippen LogP contribution in [-0.4, -0.2) is 46.2 Å². The van der Waals surface area contributed by atoms with E-state index in [4.69, 9.17) is 0 Å². The molecule has 2 aromatic rings. The van der Waals surface area contributed by atoms with Crippen molar-refractivity contribution in [3.63, 3.8) is 0 Å². The molecule has 2 saturated heterocycles. The van der Waals surface area contributed by atoms with Gasteiger partial charge in [-0.1, -0.05) is 24.3 Å². The van der Waals surface area contributed by atoms with E-state index in [9.17, 15) is 10.2 Å². The highest BCUT2D eigenvalue weighted by molar-refractivity contribution is 5.89. The Kier molecular flexibility index (Phi) is 6.45. The summed E-state index contributed by atoms with van der Waals surface area (Å²) in [6.45, 7) is 10.3. The second-order valence-electron chi connectivity index (χ2n) is 8.90. The van der Waals surface area contributed by atoms with Crippen molar-refractivity contribution in [1.82, 2.24) is 9.80 Å². The van der Waals surface area contributed by atoms with Crippen LogP contribution in [0.3, 0.4) is 0 Å². The lowest BCUT2D eigenvalue weighted by atomic mass is 9.95. The van der Waals surface area contributed by atoms with E-state index in [-0.39, 0.29) is 0 Å². The highest BCUT2D eigenvalue weighted by Gasteiger charge is 2.16. The molecule has 0 saturated carbocycles. The number of benzene rings is 2. The fourth-order valence-corrected chi connectivity index (χ4v) is 4.66. The molecule has 2 aliphatic rings. The molecule has 30 heavy (non-hydrogen) atoms. The topological polar surface area (TPSA) is 46.9 Å². The van der Waals surface area contributed by atoms with Crippen molar-refractivity contribution in [2.24, 2.45) is 0 Å². The highest BCUT2D eigenvalue weighted by Crippen LogP contribution is 2.32. The molecule has 0 spiro atoms. The Morgan fingerprint density at radius 3 is 1.37 bits per heavy atom. The highest BCUT2D eigenvalue weighted by atomic mass is 16.3. The number of nitrogens with zero attached hydrogens (tertiary/aromatic N) is 2. The first-order chi connectivity index (χ1) is 14.5. The second-order valence-corrected chi connectivity index (χ2v) is 8.90. The SMILES string of the molecule is C/C(=C(/C)c1ccc(CN2CCCC2)c(O)c1)c1ccc(CN2CCCC2)c(O)c1. The third-order valence-corrected chi connectivity index (χ3v) is 6.78. The van der Waals surface area contributed by atoms with E-state index in [0.29, 0.717) is 11.5 Å². The lowest BCUT2D eigenvalue weighted by molar-refractivity contribution is 0.324. The van der Waals surface area contributed by atoms with Gasteiger partial charge in [-0.05, 0) is 100 Å². The summed E-state index contributed by atoms with van der Waals surface area (Å²) >= 11 is 0. The zero-order valence-corrected chi connectivity index (χ0v) is 18.3. The number of hydrogen-bond donors (Lipinski definition) is 2. The Morgan fingerprint density at radius 2 is 1.03 bits per heavy atom. The lowest BCUT2D eigenvalue weighted by Crippen LogP contribution is -2.18. The zero-order chi connectivity index (χ0) is 21.1. The minimum Gasteiger partial charge on any atom is -0.508 e. The molecule has 0 amide bonds. The third kappa shape index (κ3) is 4.71. The monoisotopic (exact) mass is 406 g/mol. The molecular formula is C26H34N2O2. The van der Waals surface area contributed by atoms with Gasteiger partial charge in [0.1, 0.15) is 11.5 Å². The summed E-state index contributed by atoms with van der Waals surface area (Å²) < 4.78 is 0. The number of hydrogen-bond acceptors (Lipinski definition) is 4. The minimum atomic E-state index is 0.371. The van der Waals surface area contributed by atoms with E-state index in [0.717, 1.165) is 72.7 Å². The first kappa shape index (κ1) is 21.0. The van der Waals surface area contributed by atoms with E-state index in [2.05, 4.69) is 47.9 Å². The largest absolute Gasteiger partial charge is 0.508 e. The normalized spacial score (nSPS) is 18.7. The van der Waals surface area contributed by atoms with Crippen LogP contribution in [-0.2, 0) is 13.1 Å². The zero-order valence-electron chi connectivity index (χ0n) is 18.3. The van der Waals surface area contributed by atoms with Crippen molar-refractivity contribution >= 4 is 11.1 Å². The van der Waals surface area contributed by atoms with Gasteiger partial charge >= 0.3 is 0 Å². The molecule has 2 aromatic carbocycles. The molecule has 2 aliphatic heterocycles. The number of rotatable bonds is 6. The molecule has 160 valence electrons. The maximum Gasteiger partial charge on any atom is 0.120 e. The summed E-state index contributed by atoms with van der Waals surface area (Å²) in [6, 6.07) is 12.1. The van der Waals surface area contributed by atoms with Crippen LogP contribution in [0.5, 0.6) is 11.5 Å². The minimum absolute atomic E-state index is 0.371. The Balaban J connectivity index is 1.51. The number of likely N-dealkylation sites (tertiary alicyclic amines) is 2. The second kappa shape index (κ2) is 9.23. The fourth-order valence-electron chi connectivity index (χ4n) is 4.66. The Hall–Kier alpha value is -2.30. The van der Waals surface area contributed by atoms with E-state index in [1.807, 2.05) is 12.1 Å². The van der Waals surface area contributed by atoms with Crippen LogP contribution in [0.4, 0.5) is 0 Å². The van der Waals surface area contributed by atoms with Crippen molar-refractivity contribution in [3.05, 3.63) is 58.7 Å². The van der Waals surface area contributed by atoms with Gasteiger partial charge in [0, 0.05) is 24.2 Å². The van der Waals surface area contributed by atoms with E-state index in [1.165, 1.54) is 25.7 Å². The fraction of sp³-hybridized carbons (Fsp3) is 0.462. The summed E-state index contributed by atoms with van der Waals surface area (Å²) in [7, 11) is 0. The smallest absolute Gasteiger partial charge is 0.120 e. The predicted octanol–water partition coefficient (Wildman–Crippen LogP) is 5.24. The van der Waals surface area contributed by atoms with Gasteiger partial charge in [0.05, 0.1) is 0 Å². The molecule has 4 heteroatoms. The number of phenols is 2. The van der Waals surface area contributed by atoms with Crippen LogP contribution < -0.4 is 0 Å². The molecule has 0 unspecified atom stereocenters. The maximum atomic E-state index is 10.6. The molecule has 2 fully saturated rings. The van der Waals surface area contributed by atoms with Crippen molar-refractivity contribution in [1.29, 1.82) is 0 Å². The molecule has 2 N–H and O–H groups in total. The van der Waals surface area contributed by atoms with Gasteiger partial charge in [-0.25, -0.2) is 0 Å². The van der Waals surface area contributed by atoms with Crippen LogP contribution in [0.2, 0.25) is 0 Å². The first-order valence-corrected chi connectivity index (χ1v) is 11.3. The van der Waals surface area contributed by atoms with Crippen molar-refractivity contribution in [2.75, 3.05) is 26.2 Å². The first-order valence-electron chi connectivity index (χ1n) is 11.3. The van der Waals surface area contributed by atoms with Crippen LogP contribution in [0.15, 0.2) is 36.4 Å². The van der Waals surface area contributed by atoms with E-state index in [1.54, 1.807) is 0 Å². The molecule has 4 nitrogen and oxygen atoms in total. The predicted molar refractivity (Wildman–Crippen MR) is 123 cm³/mol. The molecule has 0 bridgehead atoms. The average molecular weight is 407 g/mol. The van der Waals surface area contributed by atoms with Gasteiger partial charge in [0.25, 0.3) is 0 Å². The summed E-state index contributed by atoms with van der Waals surface area (Å²) in [5.74, 6) is 0.741. The number of allylic oxidation sites excluding steroid dienone is 2. The molecule has 0 aromatic heterocycles. The van der Waals surface area contributed by atoms with Crippen molar-refractivity contribution < 1.29 is 10.2 Å². The van der Waals surface area contributed by atoms with Gasteiger partial charge in [-0.15, -0.1) is 0 Å². The van der Waals surface area contributed by atoms with Crippen molar-refractivity contribution in [2.45, 2.75) is 52.6 Å². The maximum absolute atomic E-state index is 10.6. The number of aromatic hydroxyl groups is 2. The molecule has 0 radical (unpaired) electrons. The van der Waals surface area contributed by atoms with Gasteiger partial charge in [0.15, 0.2) is 0 Å². The summed E-state index contributed by atoms with van der Waals surface area (Å²) in [6.07, 6.45) is 5.01. The Morgan fingerprint density at radius 1 is 0.667 bits per heavy atom.